The van der Waals surface area contributed by atoms with Crippen molar-refractivity contribution in [2.24, 2.45) is 0 Å². The van der Waals surface area contributed by atoms with Gasteiger partial charge in [-0.05, 0) is 48.4 Å². The fourth-order valence-electron chi connectivity index (χ4n) is 2.69. The Balaban J connectivity index is 1.93. The standard InChI is InChI=1S/C16H18ClNS/c1-18-15(16-14(17)8-9-19-16)13-7-3-6-12(10-13)11-4-2-5-11/h3,6-11,15,18H,2,4-5H2,1H3. The van der Waals surface area contributed by atoms with Crippen LogP contribution in [0.15, 0.2) is 35.7 Å². The number of hydrogen-bond acceptors (Lipinski definition) is 2. The van der Waals surface area contributed by atoms with E-state index in [1.54, 1.807) is 11.3 Å². The average Bonchev–Trinajstić information content (AvgIpc) is 2.75. The van der Waals surface area contributed by atoms with Crippen LogP contribution in [-0.2, 0) is 0 Å². The molecule has 1 unspecified atom stereocenters. The molecule has 19 heavy (non-hydrogen) atoms. The predicted octanol–water partition coefficient (Wildman–Crippen LogP) is 4.98. The second-order valence-corrected chi connectivity index (χ2v) is 6.51. The molecule has 0 aliphatic heterocycles. The molecule has 2 aromatic rings. The van der Waals surface area contributed by atoms with E-state index in [-0.39, 0.29) is 6.04 Å². The van der Waals surface area contributed by atoms with E-state index in [0.717, 1.165) is 10.9 Å². The van der Waals surface area contributed by atoms with Crippen molar-refractivity contribution in [3.8, 4) is 0 Å². The number of benzene rings is 1. The van der Waals surface area contributed by atoms with Gasteiger partial charge in [-0.2, -0.15) is 0 Å². The van der Waals surface area contributed by atoms with Gasteiger partial charge < -0.3 is 5.32 Å². The fourth-order valence-corrected chi connectivity index (χ4v) is 4.00. The number of rotatable bonds is 4. The predicted molar refractivity (Wildman–Crippen MR) is 83.3 cm³/mol. The molecule has 1 fully saturated rings. The topological polar surface area (TPSA) is 12.0 Å². The van der Waals surface area contributed by atoms with Crippen LogP contribution < -0.4 is 5.32 Å². The zero-order valence-electron chi connectivity index (χ0n) is 11.0. The number of nitrogens with one attached hydrogen (secondary N) is 1. The highest BCUT2D eigenvalue weighted by molar-refractivity contribution is 7.10. The summed E-state index contributed by atoms with van der Waals surface area (Å²) in [5.41, 5.74) is 2.80. The third-order valence-corrected chi connectivity index (χ3v) is 5.44. The quantitative estimate of drug-likeness (QED) is 0.838. The summed E-state index contributed by atoms with van der Waals surface area (Å²) in [5, 5.41) is 6.30. The van der Waals surface area contributed by atoms with Crippen molar-refractivity contribution in [2.45, 2.75) is 31.2 Å². The fraction of sp³-hybridized carbons (Fsp3) is 0.375. The van der Waals surface area contributed by atoms with Gasteiger partial charge in [0.25, 0.3) is 0 Å². The molecule has 1 aliphatic rings. The molecule has 0 amide bonds. The van der Waals surface area contributed by atoms with Crippen LogP contribution >= 0.6 is 22.9 Å². The molecule has 3 heteroatoms. The molecule has 100 valence electrons. The van der Waals surface area contributed by atoms with Crippen molar-refractivity contribution in [3.05, 3.63) is 56.7 Å². The first-order chi connectivity index (χ1) is 9.29. The summed E-state index contributed by atoms with van der Waals surface area (Å²) in [6.45, 7) is 0. The van der Waals surface area contributed by atoms with Crippen LogP contribution in [0.5, 0.6) is 0 Å². The molecule has 1 aromatic heterocycles. The largest absolute Gasteiger partial charge is 0.309 e. The maximum Gasteiger partial charge on any atom is 0.0683 e. The smallest absolute Gasteiger partial charge is 0.0683 e. The first-order valence-corrected chi connectivity index (χ1v) is 8.05. The van der Waals surface area contributed by atoms with E-state index in [2.05, 4.69) is 35.0 Å². The molecule has 1 aromatic carbocycles. The lowest BCUT2D eigenvalue weighted by molar-refractivity contribution is 0.419. The van der Waals surface area contributed by atoms with Gasteiger partial charge in [0, 0.05) is 4.88 Å². The van der Waals surface area contributed by atoms with Crippen LogP contribution in [0.25, 0.3) is 0 Å². The van der Waals surface area contributed by atoms with Gasteiger partial charge in [-0.1, -0.05) is 42.3 Å². The zero-order valence-corrected chi connectivity index (χ0v) is 12.6. The highest BCUT2D eigenvalue weighted by Gasteiger charge is 2.22. The molecule has 0 saturated heterocycles. The Hall–Kier alpha value is -0.830. The summed E-state index contributed by atoms with van der Waals surface area (Å²) in [6, 6.07) is 11.2. The van der Waals surface area contributed by atoms with Gasteiger partial charge in [-0.15, -0.1) is 11.3 Å². The Morgan fingerprint density at radius 1 is 1.32 bits per heavy atom. The summed E-state index contributed by atoms with van der Waals surface area (Å²) < 4.78 is 0. The number of halogens is 1. The summed E-state index contributed by atoms with van der Waals surface area (Å²) in [4.78, 5) is 1.20. The van der Waals surface area contributed by atoms with Crippen molar-refractivity contribution in [3.63, 3.8) is 0 Å². The first-order valence-electron chi connectivity index (χ1n) is 6.79. The maximum atomic E-state index is 6.27. The summed E-state index contributed by atoms with van der Waals surface area (Å²) in [6.07, 6.45) is 4.06. The lowest BCUT2D eigenvalue weighted by Gasteiger charge is -2.27. The number of thiophene rings is 1. The van der Waals surface area contributed by atoms with E-state index in [0.29, 0.717) is 0 Å². The van der Waals surface area contributed by atoms with Gasteiger partial charge >= 0.3 is 0 Å². The molecular weight excluding hydrogens is 274 g/mol. The van der Waals surface area contributed by atoms with E-state index in [9.17, 15) is 0 Å². The van der Waals surface area contributed by atoms with Crippen molar-refractivity contribution in [2.75, 3.05) is 7.05 Å². The lowest BCUT2D eigenvalue weighted by atomic mass is 9.79. The molecule has 0 radical (unpaired) electrons. The minimum Gasteiger partial charge on any atom is -0.309 e. The minimum atomic E-state index is 0.201. The normalized spacial score (nSPS) is 17.2. The van der Waals surface area contributed by atoms with E-state index in [4.69, 9.17) is 11.6 Å². The second kappa shape index (κ2) is 5.66. The van der Waals surface area contributed by atoms with Gasteiger partial charge in [0.1, 0.15) is 0 Å². The van der Waals surface area contributed by atoms with Crippen LogP contribution in [0.3, 0.4) is 0 Å². The van der Waals surface area contributed by atoms with Crippen molar-refractivity contribution >= 4 is 22.9 Å². The Labute approximate surface area is 123 Å². The Kier molecular flexibility index (Phi) is 3.92. The average molecular weight is 292 g/mol. The summed E-state index contributed by atoms with van der Waals surface area (Å²) in [7, 11) is 2.00. The Morgan fingerprint density at radius 2 is 2.16 bits per heavy atom. The second-order valence-electron chi connectivity index (χ2n) is 5.15. The maximum absolute atomic E-state index is 6.27. The number of hydrogen-bond donors (Lipinski definition) is 1. The molecule has 1 N–H and O–H groups in total. The van der Waals surface area contributed by atoms with Crippen LogP contribution in [0, 0.1) is 0 Å². The molecule has 3 rings (SSSR count). The third-order valence-electron chi connectivity index (χ3n) is 4.02. The van der Waals surface area contributed by atoms with E-state index < -0.39 is 0 Å². The van der Waals surface area contributed by atoms with Gasteiger partial charge in [-0.25, -0.2) is 0 Å². The van der Waals surface area contributed by atoms with Crippen molar-refractivity contribution < 1.29 is 0 Å². The minimum absolute atomic E-state index is 0.201. The monoisotopic (exact) mass is 291 g/mol. The summed E-state index contributed by atoms with van der Waals surface area (Å²) >= 11 is 7.99. The lowest BCUT2D eigenvalue weighted by Crippen LogP contribution is -2.17. The van der Waals surface area contributed by atoms with E-state index in [1.807, 2.05) is 13.1 Å². The molecule has 1 aliphatic carbocycles. The molecule has 1 heterocycles. The summed E-state index contributed by atoms with van der Waals surface area (Å²) in [5.74, 6) is 0.774. The van der Waals surface area contributed by atoms with E-state index >= 15 is 0 Å². The SMILES string of the molecule is CNC(c1cccc(C2CCC2)c1)c1sccc1Cl. The molecule has 1 saturated carbocycles. The van der Waals surface area contributed by atoms with Crippen LogP contribution in [0.1, 0.15) is 47.2 Å². The molecule has 0 spiro atoms. The highest BCUT2D eigenvalue weighted by Crippen LogP contribution is 2.38. The highest BCUT2D eigenvalue weighted by atomic mass is 35.5. The molecule has 1 nitrogen and oxygen atoms in total. The van der Waals surface area contributed by atoms with Crippen LogP contribution in [0.2, 0.25) is 5.02 Å². The van der Waals surface area contributed by atoms with Crippen LogP contribution in [-0.4, -0.2) is 7.05 Å². The van der Waals surface area contributed by atoms with Gasteiger partial charge in [0.05, 0.1) is 11.1 Å². The molecule has 0 bridgehead atoms. The van der Waals surface area contributed by atoms with Gasteiger partial charge in [-0.3, -0.25) is 0 Å². The Bertz CT molecular complexity index is 559. The van der Waals surface area contributed by atoms with Crippen LogP contribution in [0.4, 0.5) is 0 Å². The third kappa shape index (κ3) is 2.58. The molecular formula is C16H18ClNS. The van der Waals surface area contributed by atoms with E-state index in [1.165, 1.54) is 35.3 Å². The Morgan fingerprint density at radius 3 is 2.74 bits per heavy atom. The van der Waals surface area contributed by atoms with Gasteiger partial charge in [0.15, 0.2) is 0 Å². The first kappa shape index (κ1) is 13.2. The van der Waals surface area contributed by atoms with Crippen molar-refractivity contribution in [1.82, 2.24) is 5.32 Å². The zero-order chi connectivity index (χ0) is 13.2. The van der Waals surface area contributed by atoms with Gasteiger partial charge in [0.2, 0.25) is 0 Å². The van der Waals surface area contributed by atoms with Crippen molar-refractivity contribution in [1.29, 1.82) is 0 Å². The molecule has 1 atom stereocenters.